The fourth-order valence-electron chi connectivity index (χ4n) is 1.54. The van der Waals surface area contributed by atoms with Crippen molar-refractivity contribution in [3.63, 3.8) is 0 Å². The van der Waals surface area contributed by atoms with E-state index >= 15 is 0 Å². The SMILES string of the molecule is CCN(CC(=O)O)C(=O)Cc1csc(C(C)(C)C)n1. The Morgan fingerprint density at radius 2 is 2.05 bits per heavy atom. The average molecular weight is 284 g/mol. The molecule has 1 aromatic rings. The van der Waals surface area contributed by atoms with Crippen molar-refractivity contribution < 1.29 is 14.7 Å². The summed E-state index contributed by atoms with van der Waals surface area (Å²) in [6.45, 7) is 8.11. The van der Waals surface area contributed by atoms with Crippen LogP contribution in [0.2, 0.25) is 0 Å². The van der Waals surface area contributed by atoms with Gasteiger partial charge in [0.15, 0.2) is 0 Å². The van der Waals surface area contributed by atoms with Crippen molar-refractivity contribution in [2.24, 2.45) is 0 Å². The minimum atomic E-state index is -0.996. The lowest BCUT2D eigenvalue weighted by molar-refractivity contribution is -0.144. The number of thiazole rings is 1. The summed E-state index contributed by atoms with van der Waals surface area (Å²) >= 11 is 1.53. The van der Waals surface area contributed by atoms with Gasteiger partial charge in [-0.3, -0.25) is 9.59 Å². The number of hydrogen-bond acceptors (Lipinski definition) is 4. The van der Waals surface area contributed by atoms with Crippen molar-refractivity contribution in [3.05, 3.63) is 16.1 Å². The molecule has 0 spiro atoms. The fourth-order valence-corrected chi connectivity index (χ4v) is 2.45. The first kappa shape index (κ1) is 15.6. The third-order valence-electron chi connectivity index (χ3n) is 2.59. The maximum atomic E-state index is 12.0. The van der Waals surface area contributed by atoms with E-state index in [2.05, 4.69) is 25.8 Å². The van der Waals surface area contributed by atoms with Crippen LogP contribution in [0.1, 0.15) is 38.4 Å². The van der Waals surface area contributed by atoms with Gasteiger partial charge in [0.1, 0.15) is 6.54 Å². The molecule has 0 atom stereocenters. The number of likely N-dealkylation sites (N-methyl/N-ethyl adjacent to an activating group) is 1. The zero-order valence-corrected chi connectivity index (χ0v) is 12.6. The summed E-state index contributed by atoms with van der Waals surface area (Å²) in [5.74, 6) is -1.19. The van der Waals surface area contributed by atoms with E-state index in [-0.39, 0.29) is 24.3 Å². The van der Waals surface area contributed by atoms with Gasteiger partial charge in [0.05, 0.1) is 17.1 Å². The molecule has 0 aliphatic heterocycles. The van der Waals surface area contributed by atoms with Gasteiger partial charge in [-0.05, 0) is 6.92 Å². The number of amides is 1. The fraction of sp³-hybridized carbons (Fsp3) is 0.615. The van der Waals surface area contributed by atoms with Crippen LogP contribution < -0.4 is 0 Å². The Morgan fingerprint density at radius 1 is 1.42 bits per heavy atom. The Hall–Kier alpha value is -1.43. The zero-order chi connectivity index (χ0) is 14.6. The summed E-state index contributed by atoms with van der Waals surface area (Å²) < 4.78 is 0. The largest absolute Gasteiger partial charge is 0.480 e. The lowest BCUT2D eigenvalue weighted by atomic mass is 9.98. The molecule has 19 heavy (non-hydrogen) atoms. The van der Waals surface area contributed by atoms with Crippen LogP contribution in [0.25, 0.3) is 0 Å². The minimum Gasteiger partial charge on any atom is -0.480 e. The second-order valence-corrected chi connectivity index (χ2v) is 6.23. The summed E-state index contributed by atoms with van der Waals surface area (Å²) in [6.07, 6.45) is 0.160. The van der Waals surface area contributed by atoms with Crippen molar-refractivity contribution in [1.82, 2.24) is 9.88 Å². The summed E-state index contributed by atoms with van der Waals surface area (Å²) in [5.41, 5.74) is 0.682. The molecule has 0 aromatic carbocycles. The van der Waals surface area contributed by atoms with Crippen LogP contribution in [-0.2, 0) is 21.4 Å². The molecule has 6 heteroatoms. The van der Waals surface area contributed by atoms with Gasteiger partial charge in [-0.1, -0.05) is 20.8 Å². The molecule has 1 N–H and O–H groups in total. The van der Waals surface area contributed by atoms with Crippen LogP contribution in [0, 0.1) is 0 Å². The first-order chi connectivity index (χ1) is 8.74. The molecule has 1 aromatic heterocycles. The number of hydrogen-bond donors (Lipinski definition) is 1. The number of nitrogens with zero attached hydrogens (tertiary/aromatic N) is 2. The van der Waals surface area contributed by atoms with Gasteiger partial charge in [0.2, 0.25) is 5.91 Å². The Kier molecular flexibility index (Phi) is 5.05. The third-order valence-corrected chi connectivity index (χ3v) is 3.90. The van der Waals surface area contributed by atoms with Crippen LogP contribution >= 0.6 is 11.3 Å². The van der Waals surface area contributed by atoms with Crippen LogP contribution in [0.3, 0.4) is 0 Å². The maximum absolute atomic E-state index is 12.0. The molecule has 0 aliphatic rings. The van der Waals surface area contributed by atoms with Gasteiger partial charge >= 0.3 is 5.97 Å². The maximum Gasteiger partial charge on any atom is 0.323 e. The molecule has 0 radical (unpaired) electrons. The number of aromatic nitrogens is 1. The lowest BCUT2D eigenvalue weighted by Crippen LogP contribution is -2.36. The molecule has 0 fully saturated rings. The number of carbonyl (C=O) groups is 2. The summed E-state index contributed by atoms with van der Waals surface area (Å²) in [5, 5.41) is 11.6. The molecule has 0 aliphatic carbocycles. The third kappa shape index (κ3) is 4.63. The van der Waals surface area contributed by atoms with Gasteiger partial charge in [-0.2, -0.15) is 0 Å². The van der Waals surface area contributed by atoms with Crippen molar-refractivity contribution >= 4 is 23.2 Å². The summed E-state index contributed by atoms with van der Waals surface area (Å²) in [6, 6.07) is 0. The zero-order valence-electron chi connectivity index (χ0n) is 11.8. The highest BCUT2D eigenvalue weighted by Crippen LogP contribution is 2.25. The van der Waals surface area contributed by atoms with Crippen LogP contribution in [-0.4, -0.2) is 40.0 Å². The molecule has 0 saturated carbocycles. The molecule has 0 saturated heterocycles. The normalized spacial score (nSPS) is 11.4. The molecule has 106 valence electrons. The average Bonchev–Trinajstić information content (AvgIpc) is 2.73. The second kappa shape index (κ2) is 6.14. The highest BCUT2D eigenvalue weighted by atomic mass is 32.1. The van der Waals surface area contributed by atoms with E-state index in [9.17, 15) is 9.59 Å². The molecule has 1 amide bonds. The minimum absolute atomic E-state index is 0.0303. The van der Waals surface area contributed by atoms with Gasteiger partial charge in [0, 0.05) is 17.3 Å². The van der Waals surface area contributed by atoms with Crippen LogP contribution in [0.15, 0.2) is 5.38 Å². The first-order valence-corrected chi connectivity index (χ1v) is 7.06. The highest BCUT2D eigenvalue weighted by molar-refractivity contribution is 7.09. The number of aliphatic carboxylic acids is 1. The quantitative estimate of drug-likeness (QED) is 0.896. The standard InChI is InChI=1S/C13H20N2O3S/c1-5-15(7-11(17)18)10(16)6-9-8-19-12(14-9)13(2,3)4/h8H,5-7H2,1-4H3,(H,17,18). The van der Waals surface area contributed by atoms with E-state index in [1.54, 1.807) is 6.92 Å². The van der Waals surface area contributed by atoms with E-state index in [1.165, 1.54) is 16.2 Å². The second-order valence-electron chi connectivity index (χ2n) is 5.37. The highest BCUT2D eigenvalue weighted by Gasteiger charge is 2.20. The van der Waals surface area contributed by atoms with Gasteiger partial charge < -0.3 is 10.0 Å². The molecular formula is C13H20N2O3S. The van der Waals surface area contributed by atoms with E-state index in [4.69, 9.17) is 5.11 Å². The molecule has 1 rings (SSSR count). The summed E-state index contributed by atoms with van der Waals surface area (Å²) in [4.78, 5) is 28.4. The smallest absolute Gasteiger partial charge is 0.323 e. The van der Waals surface area contributed by atoms with Crippen molar-refractivity contribution in [1.29, 1.82) is 0 Å². The Balaban J connectivity index is 2.71. The Bertz CT molecular complexity index is 463. The van der Waals surface area contributed by atoms with Crippen molar-refractivity contribution in [2.45, 2.75) is 39.5 Å². The molecule has 0 bridgehead atoms. The van der Waals surface area contributed by atoms with E-state index in [1.807, 2.05) is 5.38 Å². The monoisotopic (exact) mass is 284 g/mol. The summed E-state index contributed by atoms with van der Waals surface area (Å²) in [7, 11) is 0. The molecule has 5 nitrogen and oxygen atoms in total. The number of carboxylic acid groups (broad SMARTS) is 1. The first-order valence-electron chi connectivity index (χ1n) is 6.18. The Morgan fingerprint density at radius 3 is 2.47 bits per heavy atom. The van der Waals surface area contributed by atoms with E-state index < -0.39 is 5.97 Å². The van der Waals surface area contributed by atoms with E-state index in [0.717, 1.165) is 5.01 Å². The lowest BCUT2D eigenvalue weighted by Gasteiger charge is -2.18. The molecule has 1 heterocycles. The van der Waals surface area contributed by atoms with Crippen molar-refractivity contribution in [2.75, 3.05) is 13.1 Å². The number of carbonyl (C=O) groups excluding carboxylic acids is 1. The Labute approximate surface area is 117 Å². The number of carboxylic acids is 1. The van der Waals surface area contributed by atoms with E-state index in [0.29, 0.717) is 12.2 Å². The molecule has 0 unspecified atom stereocenters. The van der Waals surface area contributed by atoms with Crippen LogP contribution in [0.5, 0.6) is 0 Å². The van der Waals surface area contributed by atoms with Crippen molar-refractivity contribution in [3.8, 4) is 0 Å². The van der Waals surface area contributed by atoms with Gasteiger partial charge in [-0.25, -0.2) is 4.98 Å². The predicted molar refractivity (Wildman–Crippen MR) is 74.4 cm³/mol. The molecular weight excluding hydrogens is 264 g/mol. The predicted octanol–water partition coefficient (Wildman–Crippen LogP) is 1.92. The van der Waals surface area contributed by atoms with Gasteiger partial charge in [-0.15, -0.1) is 11.3 Å². The topological polar surface area (TPSA) is 70.5 Å². The van der Waals surface area contributed by atoms with Gasteiger partial charge in [0.25, 0.3) is 0 Å². The number of rotatable bonds is 5. The van der Waals surface area contributed by atoms with Crippen LogP contribution in [0.4, 0.5) is 0 Å².